The van der Waals surface area contributed by atoms with E-state index in [9.17, 15) is 4.79 Å². The van der Waals surface area contributed by atoms with Gasteiger partial charge in [0, 0.05) is 50.7 Å². The van der Waals surface area contributed by atoms with Gasteiger partial charge < -0.3 is 19.9 Å². The van der Waals surface area contributed by atoms with Crippen molar-refractivity contribution in [1.29, 1.82) is 0 Å². The van der Waals surface area contributed by atoms with Crippen LogP contribution in [0.4, 0.5) is 5.82 Å². The minimum absolute atomic E-state index is 0.0229. The first kappa shape index (κ1) is 25.6. The van der Waals surface area contributed by atoms with Crippen molar-refractivity contribution in [2.24, 2.45) is 13.0 Å². The van der Waals surface area contributed by atoms with Crippen LogP contribution in [0.25, 0.3) is 22.3 Å². The zero-order valence-electron chi connectivity index (χ0n) is 22.5. The predicted octanol–water partition coefficient (Wildman–Crippen LogP) is 3.87. The number of aromatic nitrogens is 4. The number of nitrogens with two attached hydrogens (primary N) is 1. The highest BCUT2D eigenvalue weighted by atomic mass is 16.5. The van der Waals surface area contributed by atoms with Crippen LogP contribution in [-0.2, 0) is 11.8 Å². The summed E-state index contributed by atoms with van der Waals surface area (Å²) in [6.45, 7) is 7.02. The number of ether oxygens (including phenoxy) is 1. The lowest BCUT2D eigenvalue weighted by molar-refractivity contribution is -0.127. The molecule has 2 aliphatic heterocycles. The first-order valence-electron chi connectivity index (χ1n) is 13.5. The smallest absolute Gasteiger partial charge is 0.245 e. The number of para-hydroxylation sites is 1. The van der Waals surface area contributed by atoms with Crippen LogP contribution < -0.4 is 10.5 Å². The van der Waals surface area contributed by atoms with Crippen LogP contribution in [0.5, 0.6) is 11.5 Å². The highest BCUT2D eigenvalue weighted by Gasteiger charge is 2.34. The number of hydrogen-bond donors (Lipinski definition) is 1. The largest absolute Gasteiger partial charge is 0.456 e. The molecule has 0 spiro atoms. The van der Waals surface area contributed by atoms with Crippen LogP contribution in [0.3, 0.4) is 0 Å². The highest BCUT2D eigenvalue weighted by Crippen LogP contribution is 2.36. The number of aryl methyl sites for hydroxylation is 1. The molecule has 4 aromatic rings. The van der Waals surface area contributed by atoms with Crippen LogP contribution >= 0.6 is 0 Å². The molecular weight excluding hydrogens is 502 g/mol. The lowest BCUT2D eigenvalue weighted by atomic mass is 9.93. The molecule has 6 rings (SSSR count). The number of nitrogens with zero attached hydrogens (tertiary/aromatic N) is 6. The van der Waals surface area contributed by atoms with Gasteiger partial charge in [-0.1, -0.05) is 30.7 Å². The summed E-state index contributed by atoms with van der Waals surface area (Å²) in [6.07, 6.45) is 6.55. The van der Waals surface area contributed by atoms with E-state index in [1.165, 1.54) is 12.4 Å². The van der Waals surface area contributed by atoms with Crippen molar-refractivity contribution in [1.82, 2.24) is 29.3 Å². The summed E-state index contributed by atoms with van der Waals surface area (Å²) < 4.78 is 7.89. The molecular formula is C31H31N7O2. The van der Waals surface area contributed by atoms with Crippen molar-refractivity contribution < 1.29 is 9.53 Å². The summed E-state index contributed by atoms with van der Waals surface area (Å²) in [5, 5.41) is 0.745. The fourth-order valence-corrected chi connectivity index (χ4v) is 5.54. The molecule has 1 aromatic carbocycles. The molecule has 0 radical (unpaired) electrons. The third-order valence-corrected chi connectivity index (χ3v) is 7.74. The van der Waals surface area contributed by atoms with Crippen molar-refractivity contribution in [3.05, 3.63) is 73.3 Å². The van der Waals surface area contributed by atoms with E-state index in [0.29, 0.717) is 23.3 Å². The average molecular weight is 534 g/mol. The molecule has 0 unspecified atom stereocenters. The molecule has 0 bridgehead atoms. The molecule has 2 N–H and O–H groups in total. The summed E-state index contributed by atoms with van der Waals surface area (Å²) in [6, 6.07) is 13.9. The number of fused-ring (bicyclic) bond motifs is 1. The maximum Gasteiger partial charge on any atom is 0.245 e. The summed E-state index contributed by atoms with van der Waals surface area (Å²) in [5.74, 6) is 9.00. The predicted molar refractivity (Wildman–Crippen MR) is 154 cm³/mol. The Morgan fingerprint density at radius 1 is 1.07 bits per heavy atom. The van der Waals surface area contributed by atoms with Gasteiger partial charge in [-0.25, -0.2) is 9.97 Å². The second-order valence-corrected chi connectivity index (χ2v) is 10.2. The number of carbonyl (C=O) groups excluding carboxylic acids is 1. The van der Waals surface area contributed by atoms with Gasteiger partial charge in [0.2, 0.25) is 5.91 Å². The molecule has 2 fully saturated rings. The molecule has 2 saturated heterocycles. The van der Waals surface area contributed by atoms with Crippen molar-refractivity contribution >= 4 is 22.8 Å². The molecule has 9 nitrogen and oxygen atoms in total. The average Bonchev–Trinajstić information content (AvgIpc) is 3.25. The number of rotatable bonds is 5. The lowest BCUT2D eigenvalue weighted by Crippen LogP contribution is -2.55. The molecule has 40 heavy (non-hydrogen) atoms. The van der Waals surface area contributed by atoms with E-state index in [1.54, 1.807) is 6.20 Å². The van der Waals surface area contributed by atoms with Crippen LogP contribution in [0.2, 0.25) is 0 Å². The van der Waals surface area contributed by atoms with Crippen LogP contribution in [-0.4, -0.2) is 67.4 Å². The zero-order valence-corrected chi connectivity index (χ0v) is 22.5. The van der Waals surface area contributed by atoms with Gasteiger partial charge in [-0.15, -0.1) is 0 Å². The Balaban J connectivity index is 1.22. The van der Waals surface area contributed by atoms with Crippen molar-refractivity contribution in [3.63, 3.8) is 0 Å². The fourth-order valence-electron chi connectivity index (χ4n) is 5.54. The zero-order chi connectivity index (χ0) is 27.6. The fraction of sp³-hybridized carbons (Fsp3) is 0.290. The minimum Gasteiger partial charge on any atom is -0.456 e. The number of nitrogen functional groups attached to an aromatic ring is 1. The minimum atomic E-state index is 0.0229. The quantitative estimate of drug-likeness (QED) is 0.307. The van der Waals surface area contributed by atoms with Crippen molar-refractivity contribution in [3.8, 4) is 34.6 Å². The topological polar surface area (TPSA) is 102 Å². The number of hydrogen-bond acceptors (Lipinski definition) is 7. The first-order chi connectivity index (χ1) is 19.5. The van der Waals surface area contributed by atoms with E-state index in [0.717, 1.165) is 67.1 Å². The second-order valence-electron chi connectivity index (χ2n) is 10.2. The van der Waals surface area contributed by atoms with E-state index in [1.807, 2.05) is 59.0 Å². The van der Waals surface area contributed by atoms with Crippen LogP contribution in [0.15, 0.2) is 67.6 Å². The van der Waals surface area contributed by atoms with Gasteiger partial charge in [0.05, 0.1) is 17.3 Å². The summed E-state index contributed by atoms with van der Waals surface area (Å²) >= 11 is 0. The Labute approximate surface area is 233 Å². The number of benzene rings is 1. The molecule has 5 heterocycles. The molecule has 9 heteroatoms. The first-order valence-corrected chi connectivity index (χ1v) is 13.5. The maximum atomic E-state index is 11.9. The Bertz CT molecular complexity index is 1600. The Hall–Kier alpha value is -4.68. The third-order valence-electron chi connectivity index (χ3n) is 7.74. The SMILES string of the molecule is C=CC(=O)N1CCC(N2CC(C#Cc3c(-c4ccc(Oc5ccccc5)cn4)c4c(N)ncnc4n3C)C2)CC1. The highest BCUT2D eigenvalue weighted by molar-refractivity contribution is 6.02. The van der Waals surface area contributed by atoms with Crippen molar-refractivity contribution in [2.45, 2.75) is 18.9 Å². The van der Waals surface area contributed by atoms with Crippen molar-refractivity contribution in [2.75, 3.05) is 31.9 Å². The maximum absolute atomic E-state index is 11.9. The molecule has 2 aliphatic rings. The van der Waals surface area contributed by atoms with Crippen LogP contribution in [0, 0.1) is 17.8 Å². The summed E-state index contributed by atoms with van der Waals surface area (Å²) in [4.78, 5) is 29.7. The number of carbonyl (C=O) groups is 1. The number of piperidine rings is 1. The van der Waals surface area contributed by atoms with E-state index < -0.39 is 0 Å². The number of pyridine rings is 1. The third kappa shape index (κ3) is 4.90. The summed E-state index contributed by atoms with van der Waals surface area (Å²) in [5.41, 5.74) is 9.42. The molecule has 0 atom stereocenters. The van der Waals surface area contributed by atoms with E-state index >= 15 is 0 Å². The van der Waals surface area contributed by atoms with E-state index in [4.69, 9.17) is 15.5 Å². The summed E-state index contributed by atoms with van der Waals surface area (Å²) in [7, 11) is 1.95. The van der Waals surface area contributed by atoms with E-state index in [2.05, 4.69) is 33.3 Å². The van der Waals surface area contributed by atoms with Crippen LogP contribution in [0.1, 0.15) is 18.5 Å². The number of anilines is 1. The van der Waals surface area contributed by atoms with Gasteiger partial charge in [0.15, 0.2) is 0 Å². The molecule has 202 valence electrons. The molecule has 1 amide bonds. The van der Waals surface area contributed by atoms with Gasteiger partial charge in [0.1, 0.15) is 35.0 Å². The Kier molecular flexibility index (Phi) is 6.93. The monoisotopic (exact) mass is 533 g/mol. The second kappa shape index (κ2) is 10.8. The molecule has 0 saturated carbocycles. The number of likely N-dealkylation sites (tertiary alicyclic amines) is 2. The Morgan fingerprint density at radius 3 is 2.55 bits per heavy atom. The van der Waals surface area contributed by atoms with Gasteiger partial charge in [-0.05, 0) is 49.1 Å². The van der Waals surface area contributed by atoms with Gasteiger partial charge in [0.25, 0.3) is 0 Å². The van der Waals surface area contributed by atoms with Gasteiger partial charge >= 0.3 is 0 Å². The van der Waals surface area contributed by atoms with Gasteiger partial charge in [-0.3, -0.25) is 14.7 Å². The Morgan fingerprint density at radius 2 is 1.85 bits per heavy atom. The number of amides is 1. The lowest BCUT2D eigenvalue weighted by Gasteiger charge is -2.45. The standard InChI is InChI=1S/C31H31N7O2/c1-3-27(39)37-15-13-22(14-16-37)38-18-21(19-38)9-12-26-28(29-30(32)34-20-35-31(29)36(26)2)25-11-10-24(17-33-25)40-23-7-5-4-6-8-23/h3-8,10-11,17,20-22H,1,13-16,18-19H2,2H3,(H2,32,34,35). The van der Waals surface area contributed by atoms with Gasteiger partial charge in [-0.2, -0.15) is 0 Å². The van der Waals surface area contributed by atoms with E-state index in [-0.39, 0.29) is 11.8 Å². The molecule has 3 aromatic heterocycles. The normalized spacial score (nSPS) is 16.3. The molecule has 0 aliphatic carbocycles.